The Morgan fingerprint density at radius 1 is 1.24 bits per heavy atom. The average molecular weight is 306 g/mol. The second-order valence-electron chi connectivity index (χ2n) is 4.48. The fourth-order valence-corrected chi connectivity index (χ4v) is 1.89. The van der Waals surface area contributed by atoms with Crippen molar-refractivity contribution >= 4 is 23.3 Å². The van der Waals surface area contributed by atoms with E-state index in [1.165, 1.54) is 12.1 Å². The molecule has 0 aromatic heterocycles. The molecule has 0 aliphatic heterocycles. The SMILES string of the molecule is Cc1ccc(COC(=O)c2cc([N+](=O)[O-])ccc2Cl)cc1. The third kappa shape index (κ3) is 3.79. The van der Waals surface area contributed by atoms with Crippen molar-refractivity contribution in [3.05, 3.63) is 74.3 Å². The summed E-state index contributed by atoms with van der Waals surface area (Å²) in [5.41, 5.74) is 1.71. The first-order valence-corrected chi connectivity index (χ1v) is 6.52. The van der Waals surface area contributed by atoms with Crippen LogP contribution < -0.4 is 0 Å². The van der Waals surface area contributed by atoms with Crippen molar-refractivity contribution in [1.29, 1.82) is 0 Å². The molecule has 0 amide bonds. The topological polar surface area (TPSA) is 69.4 Å². The van der Waals surface area contributed by atoms with Crippen molar-refractivity contribution in [2.75, 3.05) is 0 Å². The summed E-state index contributed by atoms with van der Waals surface area (Å²) in [7, 11) is 0. The van der Waals surface area contributed by atoms with Crippen LogP contribution in [-0.4, -0.2) is 10.9 Å². The maximum absolute atomic E-state index is 12.0. The molecule has 5 nitrogen and oxygen atoms in total. The van der Waals surface area contributed by atoms with Gasteiger partial charge in [0.2, 0.25) is 0 Å². The van der Waals surface area contributed by atoms with Gasteiger partial charge < -0.3 is 4.74 Å². The molecule has 2 aromatic carbocycles. The van der Waals surface area contributed by atoms with Crippen LogP contribution in [0.4, 0.5) is 5.69 Å². The molecule has 0 fully saturated rings. The van der Waals surface area contributed by atoms with Gasteiger partial charge >= 0.3 is 5.97 Å². The Morgan fingerprint density at radius 2 is 1.90 bits per heavy atom. The summed E-state index contributed by atoms with van der Waals surface area (Å²) in [5.74, 6) is -0.690. The van der Waals surface area contributed by atoms with E-state index in [0.717, 1.165) is 17.2 Å². The van der Waals surface area contributed by atoms with Crippen LogP contribution in [0.2, 0.25) is 5.02 Å². The highest BCUT2D eigenvalue weighted by Gasteiger charge is 2.17. The fraction of sp³-hybridized carbons (Fsp3) is 0.133. The summed E-state index contributed by atoms with van der Waals surface area (Å²) in [6.07, 6.45) is 0. The predicted molar refractivity (Wildman–Crippen MR) is 78.4 cm³/mol. The Labute approximate surface area is 126 Å². The van der Waals surface area contributed by atoms with Gasteiger partial charge in [-0.15, -0.1) is 0 Å². The quantitative estimate of drug-likeness (QED) is 0.488. The highest BCUT2D eigenvalue weighted by Crippen LogP contribution is 2.23. The van der Waals surface area contributed by atoms with Crippen LogP contribution in [0.1, 0.15) is 21.5 Å². The first-order chi connectivity index (χ1) is 9.97. The number of rotatable bonds is 4. The highest BCUT2D eigenvalue weighted by atomic mass is 35.5. The lowest BCUT2D eigenvalue weighted by molar-refractivity contribution is -0.384. The van der Waals surface area contributed by atoms with E-state index in [1.54, 1.807) is 0 Å². The summed E-state index contributed by atoms with van der Waals surface area (Å²) in [6, 6.07) is 11.2. The van der Waals surface area contributed by atoms with Gasteiger partial charge in [-0.1, -0.05) is 41.4 Å². The van der Waals surface area contributed by atoms with Crippen molar-refractivity contribution in [3.63, 3.8) is 0 Å². The summed E-state index contributed by atoms with van der Waals surface area (Å²) in [5, 5.41) is 10.8. The Morgan fingerprint density at radius 3 is 2.52 bits per heavy atom. The number of nitrogens with zero attached hydrogens (tertiary/aromatic N) is 1. The van der Waals surface area contributed by atoms with E-state index in [1.807, 2.05) is 31.2 Å². The van der Waals surface area contributed by atoms with Gasteiger partial charge in [-0.05, 0) is 18.6 Å². The molecule has 21 heavy (non-hydrogen) atoms. The molecule has 0 spiro atoms. The Balaban J connectivity index is 2.11. The van der Waals surface area contributed by atoms with Gasteiger partial charge in [0.15, 0.2) is 0 Å². The lowest BCUT2D eigenvalue weighted by Gasteiger charge is -2.06. The van der Waals surface area contributed by atoms with Crippen LogP contribution in [-0.2, 0) is 11.3 Å². The lowest BCUT2D eigenvalue weighted by Crippen LogP contribution is -2.06. The molecule has 0 N–H and O–H groups in total. The molecular formula is C15H12ClNO4. The van der Waals surface area contributed by atoms with Gasteiger partial charge in [0.05, 0.1) is 15.5 Å². The number of hydrogen-bond acceptors (Lipinski definition) is 4. The second kappa shape index (κ2) is 6.37. The number of carbonyl (C=O) groups is 1. The molecule has 0 radical (unpaired) electrons. The molecule has 0 aliphatic rings. The van der Waals surface area contributed by atoms with Crippen molar-refractivity contribution in [2.45, 2.75) is 13.5 Å². The molecule has 0 saturated carbocycles. The molecule has 108 valence electrons. The van der Waals surface area contributed by atoms with Gasteiger partial charge in [0, 0.05) is 12.1 Å². The Hall–Kier alpha value is -2.40. The maximum atomic E-state index is 12.0. The molecule has 0 bridgehead atoms. The highest BCUT2D eigenvalue weighted by molar-refractivity contribution is 6.33. The molecule has 0 heterocycles. The first kappa shape index (κ1) is 15.0. The van der Waals surface area contributed by atoms with Gasteiger partial charge in [-0.2, -0.15) is 0 Å². The standard InChI is InChI=1S/C15H12ClNO4/c1-10-2-4-11(5-3-10)9-21-15(18)13-8-12(17(19)20)6-7-14(13)16/h2-8H,9H2,1H3. The van der Waals surface area contributed by atoms with Crippen LogP contribution in [0, 0.1) is 17.0 Å². The zero-order valence-corrected chi connectivity index (χ0v) is 12.0. The minimum absolute atomic E-state index is 0.0158. The number of nitro groups is 1. The zero-order chi connectivity index (χ0) is 15.4. The van der Waals surface area contributed by atoms with E-state index < -0.39 is 10.9 Å². The molecule has 0 saturated heterocycles. The Bertz CT molecular complexity index is 683. The third-order valence-corrected chi connectivity index (χ3v) is 3.20. The third-order valence-electron chi connectivity index (χ3n) is 2.87. The van der Waals surface area contributed by atoms with E-state index in [9.17, 15) is 14.9 Å². The number of aryl methyl sites for hydroxylation is 1. The number of halogens is 1. The number of hydrogen-bond donors (Lipinski definition) is 0. The molecule has 0 unspecified atom stereocenters. The summed E-state index contributed by atoms with van der Waals surface area (Å²) in [6.45, 7) is 2.04. The van der Waals surface area contributed by atoms with E-state index in [0.29, 0.717) is 0 Å². The fourth-order valence-electron chi connectivity index (χ4n) is 1.69. The van der Waals surface area contributed by atoms with Gasteiger partial charge in [-0.3, -0.25) is 10.1 Å². The number of esters is 1. The van der Waals surface area contributed by atoms with Crippen LogP contribution in [0.5, 0.6) is 0 Å². The van der Waals surface area contributed by atoms with Crippen LogP contribution >= 0.6 is 11.6 Å². The molecule has 0 aliphatic carbocycles. The predicted octanol–water partition coefficient (Wildman–Crippen LogP) is 3.91. The number of ether oxygens (including phenoxy) is 1. The number of non-ortho nitro benzene ring substituents is 1. The summed E-state index contributed by atoms with van der Waals surface area (Å²) in [4.78, 5) is 22.1. The first-order valence-electron chi connectivity index (χ1n) is 6.14. The lowest BCUT2D eigenvalue weighted by atomic mass is 10.1. The number of benzene rings is 2. The molecular weight excluding hydrogens is 294 g/mol. The monoisotopic (exact) mass is 305 g/mol. The van der Waals surface area contributed by atoms with Crippen molar-refractivity contribution in [3.8, 4) is 0 Å². The summed E-state index contributed by atoms with van der Waals surface area (Å²) < 4.78 is 5.12. The minimum atomic E-state index is -0.690. The van der Waals surface area contributed by atoms with E-state index >= 15 is 0 Å². The molecule has 6 heteroatoms. The van der Waals surface area contributed by atoms with Crippen LogP contribution in [0.25, 0.3) is 0 Å². The largest absolute Gasteiger partial charge is 0.457 e. The van der Waals surface area contributed by atoms with Gasteiger partial charge in [-0.25, -0.2) is 4.79 Å². The van der Waals surface area contributed by atoms with Gasteiger partial charge in [0.1, 0.15) is 6.61 Å². The minimum Gasteiger partial charge on any atom is -0.457 e. The van der Waals surface area contributed by atoms with Crippen LogP contribution in [0.3, 0.4) is 0 Å². The van der Waals surface area contributed by atoms with E-state index in [4.69, 9.17) is 16.3 Å². The van der Waals surface area contributed by atoms with Crippen LogP contribution in [0.15, 0.2) is 42.5 Å². The molecule has 2 rings (SSSR count). The molecule has 2 aromatic rings. The second-order valence-corrected chi connectivity index (χ2v) is 4.89. The summed E-state index contributed by atoms with van der Waals surface area (Å²) >= 11 is 5.87. The van der Waals surface area contributed by atoms with Crippen molar-refractivity contribution in [1.82, 2.24) is 0 Å². The van der Waals surface area contributed by atoms with Crippen molar-refractivity contribution in [2.24, 2.45) is 0 Å². The average Bonchev–Trinajstić information content (AvgIpc) is 2.46. The molecule has 0 atom stereocenters. The maximum Gasteiger partial charge on any atom is 0.340 e. The van der Waals surface area contributed by atoms with E-state index in [-0.39, 0.29) is 22.9 Å². The Kier molecular flexibility index (Phi) is 4.55. The smallest absolute Gasteiger partial charge is 0.340 e. The number of carbonyl (C=O) groups excluding carboxylic acids is 1. The van der Waals surface area contributed by atoms with Gasteiger partial charge in [0.25, 0.3) is 5.69 Å². The normalized spacial score (nSPS) is 10.2. The van der Waals surface area contributed by atoms with E-state index in [2.05, 4.69) is 0 Å². The zero-order valence-electron chi connectivity index (χ0n) is 11.2. The van der Waals surface area contributed by atoms with Crippen molar-refractivity contribution < 1.29 is 14.5 Å². The number of nitro benzene ring substituents is 1.